The highest BCUT2D eigenvalue weighted by Crippen LogP contribution is 2.12. The number of methoxy groups -OCH3 is 1. The monoisotopic (exact) mass is 223 g/mol. The quantitative estimate of drug-likeness (QED) is 0.443. The molecule has 0 unspecified atom stereocenters. The second kappa shape index (κ2) is 5.77. The van der Waals surface area contributed by atoms with Crippen LogP contribution in [0.2, 0.25) is 0 Å². The van der Waals surface area contributed by atoms with Crippen molar-refractivity contribution in [2.24, 2.45) is 5.90 Å². The molecule has 0 aliphatic carbocycles. The van der Waals surface area contributed by atoms with E-state index in [1.165, 1.54) is 6.08 Å². The van der Waals surface area contributed by atoms with Gasteiger partial charge in [-0.25, -0.2) is 4.79 Å². The standard InChI is InChI=1S/C11H13NO4/c1-15-9-5-2-8(3-6-9)4-7-10(16-12)11(13)14/h2-3,5-7H,4,12H2,1H3,(H,13,14). The van der Waals surface area contributed by atoms with E-state index in [1.54, 1.807) is 19.2 Å². The Balaban J connectivity index is 2.69. The minimum atomic E-state index is -1.18. The van der Waals surface area contributed by atoms with E-state index in [1.807, 2.05) is 12.1 Å². The van der Waals surface area contributed by atoms with E-state index in [0.29, 0.717) is 6.42 Å². The van der Waals surface area contributed by atoms with Crippen LogP contribution in [0.5, 0.6) is 5.75 Å². The Hall–Kier alpha value is -2.01. The van der Waals surface area contributed by atoms with Gasteiger partial charge in [-0.2, -0.15) is 5.90 Å². The van der Waals surface area contributed by atoms with Gasteiger partial charge in [-0.15, -0.1) is 0 Å². The molecule has 0 atom stereocenters. The van der Waals surface area contributed by atoms with Crippen molar-refractivity contribution >= 4 is 5.97 Å². The lowest BCUT2D eigenvalue weighted by atomic mass is 10.1. The molecule has 0 fully saturated rings. The second-order valence-electron chi connectivity index (χ2n) is 3.04. The Morgan fingerprint density at radius 2 is 2.06 bits per heavy atom. The molecule has 1 rings (SSSR count). The number of benzene rings is 1. The summed E-state index contributed by atoms with van der Waals surface area (Å²) in [6.07, 6.45) is 1.84. The van der Waals surface area contributed by atoms with E-state index in [0.717, 1.165) is 11.3 Å². The number of carboxylic acid groups (broad SMARTS) is 1. The number of hydrogen-bond acceptors (Lipinski definition) is 4. The molecule has 5 heteroatoms. The van der Waals surface area contributed by atoms with E-state index in [2.05, 4.69) is 4.84 Å². The molecule has 0 aliphatic rings. The molecule has 0 aromatic heterocycles. The number of hydrogen-bond donors (Lipinski definition) is 2. The summed E-state index contributed by atoms with van der Waals surface area (Å²) < 4.78 is 5.00. The van der Waals surface area contributed by atoms with Gasteiger partial charge in [0.15, 0.2) is 0 Å². The number of carboxylic acids is 1. The van der Waals surface area contributed by atoms with Crippen LogP contribution < -0.4 is 10.6 Å². The third-order valence-electron chi connectivity index (χ3n) is 2.02. The first-order chi connectivity index (χ1) is 7.67. The molecule has 0 saturated carbocycles. The summed E-state index contributed by atoms with van der Waals surface area (Å²) in [5, 5.41) is 8.64. The summed E-state index contributed by atoms with van der Waals surface area (Å²) in [4.78, 5) is 14.8. The average Bonchev–Trinajstić information content (AvgIpc) is 2.30. The van der Waals surface area contributed by atoms with Crippen molar-refractivity contribution < 1.29 is 19.5 Å². The lowest BCUT2D eigenvalue weighted by molar-refractivity contribution is -0.136. The minimum absolute atomic E-state index is 0.268. The van der Waals surface area contributed by atoms with Crippen LogP contribution in [0.25, 0.3) is 0 Å². The Bertz CT molecular complexity index is 383. The van der Waals surface area contributed by atoms with E-state index in [4.69, 9.17) is 15.7 Å². The molecule has 0 heterocycles. The fourth-order valence-corrected chi connectivity index (χ4v) is 1.16. The Morgan fingerprint density at radius 3 is 2.50 bits per heavy atom. The molecule has 0 aliphatic heterocycles. The molecule has 0 amide bonds. The van der Waals surface area contributed by atoms with Crippen LogP contribution in [0.15, 0.2) is 36.1 Å². The van der Waals surface area contributed by atoms with Crippen LogP contribution in [0.1, 0.15) is 5.56 Å². The third kappa shape index (κ3) is 3.29. The second-order valence-corrected chi connectivity index (χ2v) is 3.04. The largest absolute Gasteiger partial charge is 0.497 e. The SMILES string of the molecule is COc1ccc(CC=C(ON)C(=O)O)cc1. The molecule has 0 radical (unpaired) electrons. The van der Waals surface area contributed by atoms with E-state index in [-0.39, 0.29) is 5.76 Å². The van der Waals surface area contributed by atoms with Crippen molar-refractivity contribution in [3.63, 3.8) is 0 Å². The molecule has 5 nitrogen and oxygen atoms in total. The van der Waals surface area contributed by atoms with Crippen molar-refractivity contribution in [2.45, 2.75) is 6.42 Å². The number of carbonyl (C=O) groups is 1. The summed E-state index contributed by atoms with van der Waals surface area (Å²) in [6.45, 7) is 0. The maximum atomic E-state index is 10.6. The number of rotatable bonds is 5. The van der Waals surface area contributed by atoms with Gasteiger partial charge in [0.1, 0.15) is 5.75 Å². The highest BCUT2D eigenvalue weighted by Gasteiger charge is 2.06. The van der Waals surface area contributed by atoms with Gasteiger partial charge in [-0.1, -0.05) is 12.1 Å². The molecule has 16 heavy (non-hydrogen) atoms. The van der Waals surface area contributed by atoms with E-state index >= 15 is 0 Å². The number of ether oxygens (including phenoxy) is 1. The summed E-state index contributed by atoms with van der Waals surface area (Å²) in [7, 11) is 1.58. The summed E-state index contributed by atoms with van der Waals surface area (Å²) in [6, 6.07) is 7.27. The maximum Gasteiger partial charge on any atom is 0.373 e. The Labute approximate surface area is 93.0 Å². The van der Waals surface area contributed by atoms with Crippen LogP contribution in [-0.4, -0.2) is 18.2 Å². The van der Waals surface area contributed by atoms with Crippen molar-refractivity contribution in [1.82, 2.24) is 0 Å². The maximum absolute atomic E-state index is 10.6. The first kappa shape index (κ1) is 12.1. The lowest BCUT2D eigenvalue weighted by Crippen LogP contribution is -2.09. The third-order valence-corrected chi connectivity index (χ3v) is 2.02. The van der Waals surface area contributed by atoms with E-state index in [9.17, 15) is 4.79 Å². The summed E-state index contributed by atoms with van der Waals surface area (Å²) in [5.41, 5.74) is 0.941. The van der Waals surface area contributed by atoms with Gasteiger partial charge < -0.3 is 14.7 Å². The van der Waals surface area contributed by atoms with Crippen molar-refractivity contribution in [3.05, 3.63) is 41.7 Å². The normalized spacial score (nSPS) is 11.0. The van der Waals surface area contributed by atoms with Crippen LogP contribution in [0.3, 0.4) is 0 Å². The number of aliphatic carboxylic acids is 1. The lowest BCUT2D eigenvalue weighted by Gasteiger charge is -2.02. The summed E-state index contributed by atoms with van der Waals surface area (Å²) >= 11 is 0. The van der Waals surface area contributed by atoms with Crippen LogP contribution >= 0.6 is 0 Å². The van der Waals surface area contributed by atoms with Crippen LogP contribution in [0.4, 0.5) is 0 Å². The molecular formula is C11H13NO4. The molecule has 86 valence electrons. The zero-order valence-corrected chi connectivity index (χ0v) is 8.84. The van der Waals surface area contributed by atoms with Gasteiger partial charge in [0.05, 0.1) is 7.11 Å². The fraction of sp³-hybridized carbons (Fsp3) is 0.182. The predicted molar refractivity (Wildman–Crippen MR) is 57.7 cm³/mol. The topological polar surface area (TPSA) is 81.8 Å². The van der Waals surface area contributed by atoms with Gasteiger partial charge in [0.2, 0.25) is 5.76 Å². The Kier molecular flexibility index (Phi) is 4.35. The molecular weight excluding hydrogens is 210 g/mol. The summed E-state index contributed by atoms with van der Waals surface area (Å²) in [5.74, 6) is 4.11. The fourth-order valence-electron chi connectivity index (χ4n) is 1.16. The number of nitrogens with two attached hydrogens (primary N) is 1. The first-order valence-electron chi connectivity index (χ1n) is 4.60. The van der Waals surface area contributed by atoms with Crippen LogP contribution in [-0.2, 0) is 16.1 Å². The van der Waals surface area contributed by atoms with Gasteiger partial charge in [0, 0.05) is 0 Å². The zero-order valence-electron chi connectivity index (χ0n) is 8.84. The number of allylic oxidation sites excluding steroid dienone is 1. The van der Waals surface area contributed by atoms with Crippen molar-refractivity contribution in [2.75, 3.05) is 7.11 Å². The zero-order chi connectivity index (χ0) is 12.0. The Morgan fingerprint density at radius 1 is 1.44 bits per heavy atom. The van der Waals surface area contributed by atoms with Gasteiger partial charge in [0.25, 0.3) is 0 Å². The molecule has 0 saturated heterocycles. The molecule has 0 bridgehead atoms. The highest BCUT2D eigenvalue weighted by atomic mass is 16.6. The minimum Gasteiger partial charge on any atom is -0.497 e. The van der Waals surface area contributed by atoms with Crippen molar-refractivity contribution in [3.8, 4) is 5.75 Å². The average molecular weight is 223 g/mol. The molecule has 0 spiro atoms. The predicted octanol–water partition coefficient (Wildman–Crippen LogP) is 1.10. The first-order valence-corrected chi connectivity index (χ1v) is 4.60. The van der Waals surface area contributed by atoms with Crippen LogP contribution in [0, 0.1) is 0 Å². The van der Waals surface area contributed by atoms with Gasteiger partial charge in [-0.05, 0) is 30.2 Å². The van der Waals surface area contributed by atoms with Gasteiger partial charge in [-0.3, -0.25) is 0 Å². The molecule has 1 aromatic rings. The van der Waals surface area contributed by atoms with Gasteiger partial charge >= 0.3 is 5.97 Å². The highest BCUT2D eigenvalue weighted by molar-refractivity contribution is 5.84. The van der Waals surface area contributed by atoms with E-state index < -0.39 is 5.97 Å². The molecule has 3 N–H and O–H groups in total. The molecule has 1 aromatic carbocycles. The van der Waals surface area contributed by atoms with Crippen molar-refractivity contribution in [1.29, 1.82) is 0 Å². The smallest absolute Gasteiger partial charge is 0.373 e.